The van der Waals surface area contributed by atoms with Crippen LogP contribution in [-0.4, -0.2) is 28.9 Å². The molecule has 2 N–H and O–H groups in total. The summed E-state index contributed by atoms with van der Waals surface area (Å²) >= 11 is 0. The molecule has 1 saturated heterocycles. The van der Waals surface area contributed by atoms with Crippen molar-refractivity contribution in [2.75, 3.05) is 13.1 Å². The number of nitrogens with zero attached hydrogens (tertiary/aromatic N) is 2. The molecule has 1 aliphatic carbocycles. The van der Waals surface area contributed by atoms with Crippen molar-refractivity contribution in [2.45, 2.75) is 58.9 Å². The van der Waals surface area contributed by atoms with Gasteiger partial charge in [0.15, 0.2) is 0 Å². The maximum Gasteiger partial charge on any atom is 0.123 e. The van der Waals surface area contributed by atoms with E-state index in [0.717, 1.165) is 48.5 Å². The summed E-state index contributed by atoms with van der Waals surface area (Å²) in [7, 11) is 0. The maximum atomic E-state index is 13.2. The van der Waals surface area contributed by atoms with Gasteiger partial charge < -0.3 is 15.5 Å². The number of halogens is 1. The molecule has 0 radical (unpaired) electrons. The molecule has 2 heterocycles. The van der Waals surface area contributed by atoms with Crippen LogP contribution < -0.4 is 5.73 Å². The lowest BCUT2D eigenvalue weighted by molar-refractivity contribution is 0.258. The average molecular weight is 446 g/mol. The lowest BCUT2D eigenvalue weighted by atomic mass is 9.86. The number of nitrogens with two attached hydrogens (primary N) is 1. The van der Waals surface area contributed by atoms with Crippen LogP contribution in [0.1, 0.15) is 58.4 Å². The van der Waals surface area contributed by atoms with Gasteiger partial charge in [-0.1, -0.05) is 24.8 Å². The Morgan fingerprint density at radius 1 is 1.12 bits per heavy atom. The van der Waals surface area contributed by atoms with Gasteiger partial charge >= 0.3 is 0 Å². The standard InChI is InChI=1S/C29H36FN3/c1-20(17-24-10-12-27(30)13-11-24)22(3)23(4)33-16-14-26(18-21(33)2)29(25-7-5-8-25)32-15-6-9-28(31)19-32/h10-14,16-18,28H,2,5-9,15,19,31H2,1,3-4H3/b20-17+,23-22+. The third-order valence-corrected chi connectivity index (χ3v) is 7.12. The minimum Gasteiger partial charge on any atom is -0.370 e. The van der Waals surface area contributed by atoms with Crippen LogP contribution in [0, 0.1) is 5.82 Å². The van der Waals surface area contributed by atoms with Crippen LogP contribution in [0.25, 0.3) is 6.08 Å². The molecular weight excluding hydrogens is 409 g/mol. The summed E-state index contributed by atoms with van der Waals surface area (Å²) in [5.41, 5.74) is 15.9. The van der Waals surface area contributed by atoms with Gasteiger partial charge in [0, 0.05) is 48.0 Å². The second kappa shape index (κ2) is 9.96. The van der Waals surface area contributed by atoms with E-state index in [-0.39, 0.29) is 11.9 Å². The number of hydrogen-bond acceptors (Lipinski definition) is 3. The Hall–Kier alpha value is -2.85. The molecule has 1 atom stereocenters. The van der Waals surface area contributed by atoms with Crippen molar-refractivity contribution in [1.29, 1.82) is 0 Å². The molecule has 2 aliphatic heterocycles. The quantitative estimate of drug-likeness (QED) is 0.515. The van der Waals surface area contributed by atoms with Crippen molar-refractivity contribution in [3.63, 3.8) is 0 Å². The Balaban J connectivity index is 1.56. The van der Waals surface area contributed by atoms with Crippen LogP contribution in [0.5, 0.6) is 0 Å². The predicted octanol–water partition coefficient (Wildman–Crippen LogP) is 6.65. The smallest absolute Gasteiger partial charge is 0.123 e. The first kappa shape index (κ1) is 23.3. The molecule has 2 fully saturated rings. The van der Waals surface area contributed by atoms with E-state index in [1.165, 1.54) is 48.2 Å². The zero-order chi connectivity index (χ0) is 23.5. The highest BCUT2D eigenvalue weighted by molar-refractivity contribution is 5.58. The van der Waals surface area contributed by atoms with Crippen molar-refractivity contribution in [3.05, 3.63) is 100.0 Å². The summed E-state index contributed by atoms with van der Waals surface area (Å²) in [6, 6.07) is 6.86. The molecule has 0 aromatic heterocycles. The molecule has 33 heavy (non-hydrogen) atoms. The van der Waals surface area contributed by atoms with Gasteiger partial charge in [0.2, 0.25) is 0 Å². The summed E-state index contributed by atoms with van der Waals surface area (Å²) < 4.78 is 13.2. The van der Waals surface area contributed by atoms with E-state index in [4.69, 9.17) is 5.73 Å². The lowest BCUT2D eigenvalue weighted by Gasteiger charge is -2.39. The number of piperidine rings is 1. The Morgan fingerprint density at radius 2 is 1.85 bits per heavy atom. The van der Waals surface area contributed by atoms with Crippen LogP contribution >= 0.6 is 0 Å². The summed E-state index contributed by atoms with van der Waals surface area (Å²) in [6.45, 7) is 12.8. The van der Waals surface area contributed by atoms with E-state index in [1.54, 1.807) is 17.7 Å². The van der Waals surface area contributed by atoms with E-state index in [0.29, 0.717) is 0 Å². The molecule has 3 nitrogen and oxygen atoms in total. The van der Waals surface area contributed by atoms with E-state index in [2.05, 4.69) is 61.6 Å². The average Bonchev–Trinajstić information content (AvgIpc) is 2.76. The molecule has 4 rings (SSSR count). The topological polar surface area (TPSA) is 32.5 Å². The molecule has 0 amide bonds. The van der Waals surface area contributed by atoms with E-state index >= 15 is 0 Å². The summed E-state index contributed by atoms with van der Waals surface area (Å²) in [6.07, 6.45) is 14.6. The van der Waals surface area contributed by atoms with E-state index in [9.17, 15) is 4.39 Å². The van der Waals surface area contributed by atoms with Crippen molar-refractivity contribution < 1.29 is 4.39 Å². The van der Waals surface area contributed by atoms with Gasteiger partial charge in [-0.25, -0.2) is 4.39 Å². The monoisotopic (exact) mass is 445 g/mol. The third-order valence-electron chi connectivity index (χ3n) is 7.12. The molecule has 1 aromatic rings. The van der Waals surface area contributed by atoms with Gasteiger partial charge in [-0.05, 0) is 99.4 Å². The van der Waals surface area contributed by atoms with Gasteiger partial charge in [0.05, 0.1) is 0 Å². The first-order valence-electron chi connectivity index (χ1n) is 12.1. The van der Waals surface area contributed by atoms with Crippen LogP contribution in [0.2, 0.25) is 0 Å². The largest absolute Gasteiger partial charge is 0.370 e. The highest BCUT2D eigenvalue weighted by Crippen LogP contribution is 2.37. The molecule has 3 aliphatic rings. The van der Waals surface area contributed by atoms with E-state index in [1.807, 2.05) is 0 Å². The first-order chi connectivity index (χ1) is 15.8. The Morgan fingerprint density at radius 3 is 2.45 bits per heavy atom. The SMILES string of the molecule is C=C1C=C(C(=C2CCC2)N2CCCC(N)C2)C=CN1/C(C)=C(C)/C(C)=C/c1ccc(F)cc1. The first-order valence-corrected chi connectivity index (χ1v) is 12.1. The Bertz CT molecular complexity index is 1060. The number of rotatable bonds is 5. The fraction of sp³-hybridized carbons (Fsp3) is 0.379. The Labute approximate surface area is 198 Å². The fourth-order valence-electron chi connectivity index (χ4n) is 4.82. The number of hydrogen-bond donors (Lipinski definition) is 1. The van der Waals surface area contributed by atoms with Crippen molar-refractivity contribution in [2.24, 2.45) is 5.73 Å². The molecular formula is C29H36FN3. The van der Waals surface area contributed by atoms with Crippen molar-refractivity contribution in [3.8, 4) is 0 Å². The minimum absolute atomic E-state index is 0.214. The zero-order valence-corrected chi connectivity index (χ0v) is 20.2. The normalized spacial score (nSPS) is 22.2. The summed E-state index contributed by atoms with van der Waals surface area (Å²) in [5.74, 6) is -0.214. The molecule has 0 spiro atoms. The number of benzene rings is 1. The molecule has 1 saturated carbocycles. The molecule has 1 aromatic carbocycles. The molecule has 0 bridgehead atoms. The molecule has 174 valence electrons. The van der Waals surface area contributed by atoms with E-state index < -0.39 is 0 Å². The zero-order valence-electron chi connectivity index (χ0n) is 20.2. The molecule has 4 heteroatoms. The predicted molar refractivity (Wildman–Crippen MR) is 136 cm³/mol. The van der Waals surface area contributed by atoms with Crippen LogP contribution in [-0.2, 0) is 0 Å². The summed E-state index contributed by atoms with van der Waals surface area (Å²) in [4.78, 5) is 4.66. The van der Waals surface area contributed by atoms with Crippen LogP contribution in [0.15, 0.2) is 88.6 Å². The highest BCUT2D eigenvalue weighted by atomic mass is 19.1. The van der Waals surface area contributed by atoms with Gasteiger partial charge in [0.1, 0.15) is 5.82 Å². The third kappa shape index (κ3) is 5.22. The minimum atomic E-state index is -0.214. The number of likely N-dealkylation sites (tertiary alicyclic amines) is 1. The van der Waals surface area contributed by atoms with Gasteiger partial charge in [-0.2, -0.15) is 0 Å². The maximum absolute atomic E-state index is 13.2. The fourth-order valence-corrected chi connectivity index (χ4v) is 4.82. The Kier molecular flexibility index (Phi) is 7.04. The molecule has 1 unspecified atom stereocenters. The number of allylic oxidation sites excluding steroid dienone is 6. The highest BCUT2D eigenvalue weighted by Gasteiger charge is 2.27. The van der Waals surface area contributed by atoms with Gasteiger partial charge in [-0.15, -0.1) is 0 Å². The van der Waals surface area contributed by atoms with Crippen molar-refractivity contribution >= 4 is 6.08 Å². The second-order valence-corrected chi connectivity index (χ2v) is 9.52. The van der Waals surface area contributed by atoms with Crippen LogP contribution in [0.4, 0.5) is 4.39 Å². The summed E-state index contributed by atoms with van der Waals surface area (Å²) in [5, 5.41) is 0. The van der Waals surface area contributed by atoms with Crippen molar-refractivity contribution in [1.82, 2.24) is 9.80 Å². The van der Waals surface area contributed by atoms with Gasteiger partial charge in [-0.3, -0.25) is 0 Å². The second-order valence-electron chi connectivity index (χ2n) is 9.52. The van der Waals surface area contributed by atoms with Gasteiger partial charge in [0.25, 0.3) is 0 Å². The lowest BCUT2D eigenvalue weighted by Crippen LogP contribution is -2.43. The van der Waals surface area contributed by atoms with Crippen LogP contribution in [0.3, 0.4) is 0 Å².